The number of benzene rings is 1. The lowest BCUT2D eigenvalue weighted by molar-refractivity contribution is -0.119. The summed E-state index contributed by atoms with van der Waals surface area (Å²) in [4.78, 5) is 24.0. The van der Waals surface area contributed by atoms with Gasteiger partial charge in [0, 0.05) is 22.7 Å². The third-order valence-corrected chi connectivity index (χ3v) is 2.62. The van der Waals surface area contributed by atoms with Crippen molar-refractivity contribution >= 4 is 33.4 Å². The number of anilines is 1. The van der Waals surface area contributed by atoms with Crippen molar-refractivity contribution in [3.05, 3.63) is 34.8 Å². The second kappa shape index (κ2) is 4.09. The monoisotopic (exact) mass is 281 g/mol. The van der Waals surface area contributed by atoms with Crippen LogP contribution in [0.1, 0.15) is 0 Å². The number of hydrogen-bond acceptors (Lipinski definition) is 3. The van der Waals surface area contributed by atoms with Gasteiger partial charge in [-0.2, -0.15) is 0 Å². The average molecular weight is 282 g/mol. The Morgan fingerprint density at radius 3 is 2.31 bits per heavy atom. The van der Waals surface area contributed by atoms with E-state index in [0.717, 1.165) is 9.37 Å². The summed E-state index contributed by atoms with van der Waals surface area (Å²) in [5.74, 6) is -0.104. The van der Waals surface area contributed by atoms with E-state index in [1.54, 1.807) is 18.2 Å². The maximum absolute atomic E-state index is 11.5. The Morgan fingerprint density at radius 1 is 1.12 bits per heavy atom. The number of carbonyl (C=O) groups is 2. The Morgan fingerprint density at radius 2 is 1.75 bits per heavy atom. The van der Waals surface area contributed by atoms with Crippen LogP contribution in [-0.4, -0.2) is 18.9 Å². The van der Waals surface area contributed by atoms with Crippen LogP contribution in [0.3, 0.4) is 0 Å². The molecule has 0 spiro atoms. The van der Waals surface area contributed by atoms with Crippen molar-refractivity contribution in [1.82, 2.24) is 0 Å². The summed E-state index contributed by atoms with van der Waals surface area (Å²) in [5, 5.41) is 0. The van der Waals surface area contributed by atoms with E-state index in [1.807, 2.05) is 0 Å². The standard InChI is InChI=1S/C11H8BrNO3/c1-16-9-5-7(12)4-8(6-9)13-10(14)2-3-11(13)15/h2-6H,1H3. The molecule has 1 aliphatic heterocycles. The smallest absolute Gasteiger partial charge is 0.258 e. The van der Waals surface area contributed by atoms with Gasteiger partial charge in [0.15, 0.2) is 0 Å². The molecule has 1 aromatic rings. The summed E-state index contributed by atoms with van der Waals surface area (Å²) in [6, 6.07) is 5.07. The Balaban J connectivity index is 2.44. The molecule has 5 heteroatoms. The maximum Gasteiger partial charge on any atom is 0.258 e. The molecule has 1 aliphatic rings. The fourth-order valence-corrected chi connectivity index (χ4v) is 1.91. The first kappa shape index (κ1) is 10.9. The second-order valence-corrected chi connectivity index (χ2v) is 4.11. The normalized spacial score (nSPS) is 14.8. The number of carbonyl (C=O) groups excluding carboxylic acids is 2. The summed E-state index contributed by atoms with van der Waals surface area (Å²) >= 11 is 3.29. The maximum atomic E-state index is 11.5. The third kappa shape index (κ3) is 1.86. The van der Waals surface area contributed by atoms with Crippen LogP contribution in [0, 0.1) is 0 Å². The Bertz CT molecular complexity index is 478. The first-order chi connectivity index (χ1) is 7.61. The summed E-state index contributed by atoms with van der Waals surface area (Å²) in [6.07, 6.45) is 2.49. The molecule has 0 aliphatic carbocycles. The molecule has 0 unspecified atom stereocenters. The molecule has 0 saturated heterocycles. The lowest BCUT2D eigenvalue weighted by Gasteiger charge is -2.15. The summed E-state index contributed by atoms with van der Waals surface area (Å²) in [7, 11) is 1.53. The molecule has 0 fully saturated rings. The number of nitrogens with zero attached hydrogens (tertiary/aromatic N) is 1. The Labute approximate surface area is 101 Å². The molecule has 16 heavy (non-hydrogen) atoms. The van der Waals surface area contributed by atoms with Gasteiger partial charge in [-0.1, -0.05) is 15.9 Å². The van der Waals surface area contributed by atoms with Crippen LogP contribution in [0.5, 0.6) is 5.75 Å². The van der Waals surface area contributed by atoms with Gasteiger partial charge in [0.25, 0.3) is 11.8 Å². The summed E-state index contributed by atoms with van der Waals surface area (Å²) in [6.45, 7) is 0. The van der Waals surface area contributed by atoms with Gasteiger partial charge in [-0.3, -0.25) is 9.59 Å². The van der Waals surface area contributed by atoms with Crippen molar-refractivity contribution in [3.63, 3.8) is 0 Å². The molecule has 0 aromatic heterocycles. The van der Waals surface area contributed by atoms with Gasteiger partial charge < -0.3 is 4.74 Å². The molecule has 4 nitrogen and oxygen atoms in total. The van der Waals surface area contributed by atoms with Crippen molar-refractivity contribution < 1.29 is 14.3 Å². The molecule has 0 radical (unpaired) electrons. The summed E-state index contributed by atoms with van der Waals surface area (Å²) in [5.41, 5.74) is 0.492. The molecular formula is C11H8BrNO3. The van der Waals surface area contributed by atoms with Gasteiger partial charge in [-0.15, -0.1) is 0 Å². The van der Waals surface area contributed by atoms with E-state index in [-0.39, 0.29) is 11.8 Å². The van der Waals surface area contributed by atoms with E-state index in [9.17, 15) is 9.59 Å². The number of halogens is 1. The van der Waals surface area contributed by atoms with Gasteiger partial charge in [-0.05, 0) is 12.1 Å². The van der Waals surface area contributed by atoms with Crippen LogP contribution in [0.2, 0.25) is 0 Å². The zero-order chi connectivity index (χ0) is 11.7. The Hall–Kier alpha value is -1.62. The number of hydrogen-bond donors (Lipinski definition) is 0. The van der Waals surface area contributed by atoms with E-state index in [2.05, 4.69) is 15.9 Å². The van der Waals surface area contributed by atoms with Crippen LogP contribution in [0.25, 0.3) is 0 Å². The van der Waals surface area contributed by atoms with Gasteiger partial charge in [0.05, 0.1) is 12.8 Å². The van der Waals surface area contributed by atoms with Crippen LogP contribution in [0.15, 0.2) is 34.8 Å². The SMILES string of the molecule is COc1cc(Br)cc(N2C(=O)C=CC2=O)c1. The molecule has 0 saturated carbocycles. The quantitative estimate of drug-likeness (QED) is 0.778. The molecule has 0 N–H and O–H groups in total. The predicted molar refractivity (Wildman–Crippen MR) is 62.3 cm³/mol. The highest BCUT2D eigenvalue weighted by atomic mass is 79.9. The molecule has 2 amide bonds. The minimum atomic E-state index is -0.342. The van der Waals surface area contributed by atoms with Crippen LogP contribution in [0.4, 0.5) is 5.69 Å². The highest BCUT2D eigenvalue weighted by molar-refractivity contribution is 9.10. The van der Waals surface area contributed by atoms with Crippen molar-refractivity contribution in [2.75, 3.05) is 12.0 Å². The van der Waals surface area contributed by atoms with Crippen molar-refractivity contribution in [1.29, 1.82) is 0 Å². The molecule has 0 bridgehead atoms. The van der Waals surface area contributed by atoms with E-state index in [0.29, 0.717) is 11.4 Å². The lowest BCUT2D eigenvalue weighted by atomic mass is 10.2. The van der Waals surface area contributed by atoms with Gasteiger partial charge in [0.2, 0.25) is 0 Å². The number of imide groups is 1. The summed E-state index contributed by atoms with van der Waals surface area (Å²) < 4.78 is 5.81. The van der Waals surface area contributed by atoms with E-state index in [1.165, 1.54) is 19.3 Å². The zero-order valence-corrected chi connectivity index (χ0v) is 10.0. The average Bonchev–Trinajstić information content (AvgIpc) is 2.57. The van der Waals surface area contributed by atoms with E-state index < -0.39 is 0 Å². The fourth-order valence-electron chi connectivity index (χ4n) is 1.45. The lowest BCUT2D eigenvalue weighted by Crippen LogP contribution is -2.29. The highest BCUT2D eigenvalue weighted by Crippen LogP contribution is 2.28. The van der Waals surface area contributed by atoms with Gasteiger partial charge in [0.1, 0.15) is 5.75 Å². The second-order valence-electron chi connectivity index (χ2n) is 3.19. The topological polar surface area (TPSA) is 46.6 Å². The van der Waals surface area contributed by atoms with E-state index in [4.69, 9.17) is 4.74 Å². The fraction of sp³-hybridized carbons (Fsp3) is 0.0909. The third-order valence-electron chi connectivity index (χ3n) is 2.16. The molecule has 2 rings (SSSR count). The number of ether oxygens (including phenoxy) is 1. The van der Waals surface area contributed by atoms with E-state index >= 15 is 0 Å². The van der Waals surface area contributed by atoms with Crippen LogP contribution in [-0.2, 0) is 9.59 Å². The molecule has 1 heterocycles. The largest absolute Gasteiger partial charge is 0.497 e. The van der Waals surface area contributed by atoms with Gasteiger partial charge >= 0.3 is 0 Å². The van der Waals surface area contributed by atoms with Crippen molar-refractivity contribution in [3.8, 4) is 5.75 Å². The van der Waals surface area contributed by atoms with Crippen LogP contribution < -0.4 is 9.64 Å². The zero-order valence-electron chi connectivity index (χ0n) is 8.44. The van der Waals surface area contributed by atoms with Crippen molar-refractivity contribution in [2.45, 2.75) is 0 Å². The number of methoxy groups -OCH3 is 1. The Kier molecular flexibility index (Phi) is 2.78. The number of amides is 2. The first-order valence-electron chi connectivity index (χ1n) is 4.52. The highest BCUT2D eigenvalue weighted by Gasteiger charge is 2.25. The molecule has 0 atom stereocenters. The minimum absolute atomic E-state index is 0.342. The van der Waals surface area contributed by atoms with Gasteiger partial charge in [-0.25, -0.2) is 4.90 Å². The van der Waals surface area contributed by atoms with Crippen molar-refractivity contribution in [2.24, 2.45) is 0 Å². The predicted octanol–water partition coefficient (Wildman–Crippen LogP) is 1.89. The molecular weight excluding hydrogens is 274 g/mol. The molecule has 1 aromatic carbocycles. The first-order valence-corrected chi connectivity index (χ1v) is 5.32. The minimum Gasteiger partial charge on any atom is -0.497 e. The molecule has 82 valence electrons. The van der Waals surface area contributed by atoms with Crippen LogP contribution >= 0.6 is 15.9 Å². The number of rotatable bonds is 2.